The number of hydrogen-bond acceptors (Lipinski definition) is 4. The van der Waals surface area contributed by atoms with Crippen LogP contribution in [0.5, 0.6) is 0 Å². The summed E-state index contributed by atoms with van der Waals surface area (Å²) >= 11 is 0. The van der Waals surface area contributed by atoms with Crippen molar-refractivity contribution in [2.45, 2.75) is 33.2 Å². The molecule has 148 valence electrons. The third-order valence-corrected chi connectivity index (χ3v) is 4.82. The van der Waals surface area contributed by atoms with Crippen LogP contribution in [0.2, 0.25) is 0 Å². The van der Waals surface area contributed by atoms with Crippen molar-refractivity contribution in [1.29, 1.82) is 0 Å². The van der Waals surface area contributed by atoms with Crippen molar-refractivity contribution in [3.63, 3.8) is 0 Å². The number of carbonyl (C=O) groups excluding carboxylic acids is 3. The zero-order chi connectivity index (χ0) is 20.1. The Bertz CT molecular complexity index is 862. The smallest absolute Gasteiger partial charge is 0.260 e. The molecule has 1 aliphatic rings. The Balaban J connectivity index is 1.44. The van der Waals surface area contributed by atoms with Gasteiger partial charge in [-0.05, 0) is 31.9 Å². The molecule has 2 N–H and O–H groups in total. The summed E-state index contributed by atoms with van der Waals surface area (Å²) in [6, 6.07) is 11.8. The van der Waals surface area contributed by atoms with Gasteiger partial charge in [-0.1, -0.05) is 30.3 Å². The lowest BCUT2D eigenvalue weighted by Crippen LogP contribution is -2.46. The summed E-state index contributed by atoms with van der Waals surface area (Å²) in [5, 5.41) is 4.21. The van der Waals surface area contributed by atoms with Crippen molar-refractivity contribution in [1.82, 2.24) is 25.5 Å². The minimum atomic E-state index is -0.461. The average Bonchev–Trinajstić information content (AvgIpc) is 3.20. The van der Waals surface area contributed by atoms with Crippen LogP contribution in [-0.4, -0.2) is 45.5 Å². The molecule has 3 amide bonds. The first-order valence-corrected chi connectivity index (χ1v) is 9.34. The molecule has 8 heteroatoms. The van der Waals surface area contributed by atoms with E-state index in [1.807, 2.05) is 50.2 Å². The van der Waals surface area contributed by atoms with E-state index in [-0.39, 0.29) is 30.7 Å². The Hall–Kier alpha value is -3.16. The number of aromatic nitrogens is 2. The second-order valence-electron chi connectivity index (χ2n) is 7.10. The number of nitrogens with zero attached hydrogens (tertiary/aromatic N) is 3. The number of likely N-dealkylation sites (tertiary alicyclic amines) is 1. The number of carbonyl (C=O) groups is 3. The normalized spacial score (nSPS) is 16.3. The van der Waals surface area contributed by atoms with Crippen LogP contribution in [0.3, 0.4) is 0 Å². The van der Waals surface area contributed by atoms with E-state index in [0.29, 0.717) is 13.1 Å². The van der Waals surface area contributed by atoms with Gasteiger partial charge in [-0.3, -0.25) is 29.9 Å². The predicted octanol–water partition coefficient (Wildman–Crippen LogP) is 0.739. The van der Waals surface area contributed by atoms with Crippen LogP contribution in [0.25, 0.3) is 0 Å². The van der Waals surface area contributed by atoms with Gasteiger partial charge in [0.2, 0.25) is 11.8 Å². The van der Waals surface area contributed by atoms with E-state index in [0.717, 1.165) is 23.4 Å². The molecule has 28 heavy (non-hydrogen) atoms. The predicted molar refractivity (Wildman–Crippen MR) is 103 cm³/mol. The maximum absolute atomic E-state index is 12.3. The topological polar surface area (TPSA) is 96.3 Å². The lowest BCUT2D eigenvalue weighted by molar-refractivity contribution is -0.131. The quantitative estimate of drug-likeness (QED) is 0.719. The van der Waals surface area contributed by atoms with Crippen LogP contribution in [0.1, 0.15) is 23.4 Å². The van der Waals surface area contributed by atoms with Crippen LogP contribution in [0.15, 0.2) is 36.4 Å². The molecule has 1 aliphatic heterocycles. The molecule has 0 saturated carbocycles. The largest absolute Gasteiger partial charge is 0.342 e. The number of rotatable bonds is 6. The molecule has 0 aliphatic carbocycles. The van der Waals surface area contributed by atoms with Gasteiger partial charge in [0.05, 0.1) is 11.6 Å². The van der Waals surface area contributed by atoms with Gasteiger partial charge in [-0.2, -0.15) is 5.10 Å². The molecule has 8 nitrogen and oxygen atoms in total. The average molecular weight is 383 g/mol. The molecule has 1 aromatic heterocycles. The van der Waals surface area contributed by atoms with Gasteiger partial charge in [0.25, 0.3) is 5.91 Å². The monoisotopic (exact) mass is 383 g/mol. The standard InChI is InChI=1S/C20H25N5O3/c1-14-10-15(2)25(23-14)13-18(26)21-22-20(28)17-11-19(27)24(12-17)9-8-16-6-4-3-5-7-16/h3-7,10,17H,8-9,11-13H2,1-2H3,(H,21,26)(H,22,28). The zero-order valence-corrected chi connectivity index (χ0v) is 16.1. The Morgan fingerprint density at radius 2 is 1.93 bits per heavy atom. The highest BCUT2D eigenvalue weighted by molar-refractivity contribution is 5.90. The molecular formula is C20H25N5O3. The first kappa shape index (κ1) is 19.6. The molecule has 0 bridgehead atoms. The van der Waals surface area contributed by atoms with Gasteiger partial charge < -0.3 is 4.90 Å². The third kappa shape index (κ3) is 4.97. The zero-order valence-electron chi connectivity index (χ0n) is 16.1. The van der Waals surface area contributed by atoms with Gasteiger partial charge in [0, 0.05) is 25.2 Å². The van der Waals surface area contributed by atoms with E-state index >= 15 is 0 Å². The Kier molecular flexibility index (Phi) is 6.08. The van der Waals surface area contributed by atoms with E-state index in [9.17, 15) is 14.4 Å². The van der Waals surface area contributed by atoms with Gasteiger partial charge >= 0.3 is 0 Å². The van der Waals surface area contributed by atoms with Crippen molar-refractivity contribution in [2.75, 3.05) is 13.1 Å². The highest BCUT2D eigenvalue weighted by Gasteiger charge is 2.34. The summed E-state index contributed by atoms with van der Waals surface area (Å²) in [7, 11) is 0. The number of nitrogens with one attached hydrogen (secondary N) is 2. The highest BCUT2D eigenvalue weighted by Crippen LogP contribution is 2.18. The molecule has 2 heterocycles. The van der Waals surface area contributed by atoms with E-state index < -0.39 is 5.92 Å². The van der Waals surface area contributed by atoms with Crippen LogP contribution in [0.4, 0.5) is 0 Å². The summed E-state index contributed by atoms with van der Waals surface area (Å²) in [5.74, 6) is -1.22. The summed E-state index contributed by atoms with van der Waals surface area (Å²) in [5.41, 5.74) is 7.68. The van der Waals surface area contributed by atoms with Crippen molar-refractivity contribution in [2.24, 2.45) is 5.92 Å². The minimum absolute atomic E-state index is 0.0206. The Labute approximate surface area is 163 Å². The summed E-state index contributed by atoms with van der Waals surface area (Å²) < 4.78 is 1.57. The van der Waals surface area contributed by atoms with E-state index in [2.05, 4.69) is 16.0 Å². The molecular weight excluding hydrogens is 358 g/mol. The fourth-order valence-corrected chi connectivity index (χ4v) is 3.32. The van der Waals surface area contributed by atoms with Gasteiger partial charge in [-0.15, -0.1) is 0 Å². The molecule has 0 spiro atoms. The maximum atomic E-state index is 12.3. The second kappa shape index (κ2) is 8.69. The Morgan fingerprint density at radius 1 is 1.18 bits per heavy atom. The maximum Gasteiger partial charge on any atom is 0.260 e. The summed E-state index contributed by atoms with van der Waals surface area (Å²) in [6.45, 7) is 4.68. The van der Waals surface area contributed by atoms with Crippen LogP contribution in [0, 0.1) is 19.8 Å². The van der Waals surface area contributed by atoms with Crippen molar-refractivity contribution < 1.29 is 14.4 Å². The number of aryl methyl sites for hydroxylation is 2. The number of benzene rings is 1. The van der Waals surface area contributed by atoms with Crippen LogP contribution >= 0.6 is 0 Å². The SMILES string of the molecule is Cc1cc(C)n(CC(=O)NNC(=O)C2CC(=O)N(CCc3ccccc3)C2)n1. The first-order chi connectivity index (χ1) is 13.4. The summed E-state index contributed by atoms with van der Waals surface area (Å²) in [6.07, 6.45) is 0.911. The molecule has 1 aromatic carbocycles. The molecule has 1 fully saturated rings. The molecule has 1 unspecified atom stereocenters. The molecule has 1 atom stereocenters. The molecule has 3 rings (SSSR count). The molecule has 1 saturated heterocycles. The number of hydrogen-bond donors (Lipinski definition) is 2. The van der Waals surface area contributed by atoms with Crippen molar-refractivity contribution >= 4 is 17.7 Å². The minimum Gasteiger partial charge on any atom is -0.342 e. The summed E-state index contributed by atoms with van der Waals surface area (Å²) in [4.78, 5) is 38.2. The number of hydrazine groups is 1. The van der Waals surface area contributed by atoms with Crippen LogP contribution < -0.4 is 10.9 Å². The van der Waals surface area contributed by atoms with E-state index in [1.54, 1.807) is 9.58 Å². The lowest BCUT2D eigenvalue weighted by atomic mass is 10.1. The van der Waals surface area contributed by atoms with Crippen molar-refractivity contribution in [3.05, 3.63) is 53.3 Å². The highest BCUT2D eigenvalue weighted by atomic mass is 16.2. The molecule has 2 aromatic rings. The van der Waals surface area contributed by atoms with E-state index in [1.165, 1.54) is 0 Å². The lowest BCUT2D eigenvalue weighted by Gasteiger charge is -2.16. The van der Waals surface area contributed by atoms with Gasteiger partial charge in [-0.25, -0.2) is 0 Å². The fraction of sp³-hybridized carbons (Fsp3) is 0.400. The number of amides is 3. The van der Waals surface area contributed by atoms with Gasteiger partial charge in [0.1, 0.15) is 6.54 Å². The second-order valence-corrected chi connectivity index (χ2v) is 7.10. The molecule has 0 radical (unpaired) electrons. The van der Waals surface area contributed by atoms with Crippen LogP contribution in [-0.2, 0) is 27.3 Å². The van der Waals surface area contributed by atoms with Crippen molar-refractivity contribution in [3.8, 4) is 0 Å². The van der Waals surface area contributed by atoms with E-state index in [4.69, 9.17) is 0 Å². The fourth-order valence-electron chi connectivity index (χ4n) is 3.32. The first-order valence-electron chi connectivity index (χ1n) is 9.34. The van der Waals surface area contributed by atoms with Gasteiger partial charge in [0.15, 0.2) is 0 Å². The Morgan fingerprint density at radius 3 is 2.61 bits per heavy atom. The third-order valence-electron chi connectivity index (χ3n) is 4.82.